The van der Waals surface area contributed by atoms with Crippen molar-refractivity contribution in [2.75, 3.05) is 11.1 Å². The van der Waals surface area contributed by atoms with Crippen molar-refractivity contribution in [3.05, 3.63) is 23.2 Å². The van der Waals surface area contributed by atoms with Crippen LogP contribution in [0.2, 0.25) is 5.02 Å². The largest absolute Gasteiger partial charge is 0.325 e. The van der Waals surface area contributed by atoms with Crippen molar-refractivity contribution in [3.63, 3.8) is 0 Å². The van der Waals surface area contributed by atoms with Gasteiger partial charge in [-0.2, -0.15) is 4.72 Å². The maximum absolute atomic E-state index is 12.2. The number of sulfonamides is 1. The number of halogens is 1. The molecule has 2 rings (SSSR count). The highest BCUT2D eigenvalue weighted by Crippen LogP contribution is 2.26. The molecule has 6 nitrogen and oxygen atoms in total. The minimum atomic E-state index is -3.83. The maximum atomic E-state index is 12.2. The Morgan fingerprint density at radius 1 is 1.43 bits per heavy atom. The molecular formula is C12H13ClN2O4S2. The first-order valence-electron chi connectivity index (χ1n) is 6.06. The van der Waals surface area contributed by atoms with Crippen molar-refractivity contribution in [2.24, 2.45) is 0 Å². The highest BCUT2D eigenvalue weighted by Gasteiger charge is 2.30. The van der Waals surface area contributed by atoms with Crippen LogP contribution in [-0.2, 0) is 19.6 Å². The number of carbonyl (C=O) groups is 2. The summed E-state index contributed by atoms with van der Waals surface area (Å²) < 4.78 is 26.8. The number of benzene rings is 1. The van der Waals surface area contributed by atoms with Gasteiger partial charge in [0.2, 0.25) is 21.0 Å². The third-order valence-electron chi connectivity index (χ3n) is 2.79. The molecule has 1 saturated heterocycles. The molecule has 1 atom stereocenters. The number of nitrogens with one attached hydrogen (secondary N) is 2. The molecule has 1 aromatic carbocycles. The number of anilines is 1. The topological polar surface area (TPSA) is 92.3 Å². The Morgan fingerprint density at radius 3 is 2.67 bits per heavy atom. The number of thioether (sulfide) groups is 1. The van der Waals surface area contributed by atoms with Gasteiger partial charge in [-0.3, -0.25) is 9.59 Å². The van der Waals surface area contributed by atoms with Crippen molar-refractivity contribution in [2.45, 2.75) is 24.3 Å². The summed E-state index contributed by atoms with van der Waals surface area (Å²) in [5, 5.41) is 2.42. The van der Waals surface area contributed by atoms with Crippen LogP contribution in [0.3, 0.4) is 0 Å². The van der Waals surface area contributed by atoms with Crippen LogP contribution < -0.4 is 10.0 Å². The van der Waals surface area contributed by atoms with E-state index in [0.29, 0.717) is 17.9 Å². The Balaban J connectivity index is 2.22. The van der Waals surface area contributed by atoms with E-state index in [1.807, 2.05) is 0 Å². The van der Waals surface area contributed by atoms with Crippen molar-refractivity contribution >= 4 is 50.1 Å². The van der Waals surface area contributed by atoms with Crippen LogP contribution in [0.4, 0.5) is 5.69 Å². The Kier molecular flexibility index (Phi) is 4.92. The fraction of sp³-hybridized carbons (Fsp3) is 0.333. The summed E-state index contributed by atoms with van der Waals surface area (Å²) in [5.41, 5.74) is 0.329. The highest BCUT2D eigenvalue weighted by atomic mass is 35.5. The van der Waals surface area contributed by atoms with Crippen LogP contribution in [0.5, 0.6) is 0 Å². The fourth-order valence-electron chi connectivity index (χ4n) is 1.81. The quantitative estimate of drug-likeness (QED) is 0.862. The van der Waals surface area contributed by atoms with Gasteiger partial charge in [0.15, 0.2) is 0 Å². The van der Waals surface area contributed by atoms with Crippen molar-refractivity contribution in [1.29, 1.82) is 0 Å². The molecule has 0 bridgehead atoms. The monoisotopic (exact) mass is 348 g/mol. The second kappa shape index (κ2) is 6.35. The van der Waals surface area contributed by atoms with Gasteiger partial charge in [0, 0.05) is 12.7 Å². The molecule has 0 spiro atoms. The summed E-state index contributed by atoms with van der Waals surface area (Å²) in [6, 6.07) is 3.27. The Labute approximate surface area is 131 Å². The van der Waals surface area contributed by atoms with Gasteiger partial charge in [-0.05, 0) is 24.6 Å². The van der Waals surface area contributed by atoms with E-state index in [4.69, 9.17) is 11.6 Å². The van der Waals surface area contributed by atoms with E-state index in [-0.39, 0.29) is 20.9 Å². The van der Waals surface area contributed by atoms with Gasteiger partial charge in [-0.15, -0.1) is 0 Å². The number of carbonyl (C=O) groups excluding carboxylic acids is 2. The normalized spacial score (nSPS) is 18.8. The summed E-state index contributed by atoms with van der Waals surface area (Å²) in [6.07, 6.45) is 0.473. The minimum Gasteiger partial charge on any atom is -0.325 e. The van der Waals surface area contributed by atoms with Gasteiger partial charge in [0.05, 0.1) is 21.6 Å². The number of hydrogen-bond acceptors (Lipinski definition) is 5. The van der Waals surface area contributed by atoms with E-state index in [0.717, 1.165) is 11.8 Å². The molecule has 114 valence electrons. The molecule has 1 aromatic rings. The molecule has 0 aromatic heterocycles. The SMILES string of the molecule is CC(=O)Nc1ccc(S(=O)(=O)NC2CCSC2=O)cc1Cl. The van der Waals surface area contributed by atoms with Gasteiger partial charge in [-0.1, -0.05) is 23.4 Å². The molecule has 0 saturated carbocycles. The summed E-state index contributed by atoms with van der Waals surface area (Å²) in [6.45, 7) is 1.33. The van der Waals surface area contributed by atoms with Gasteiger partial charge < -0.3 is 5.32 Å². The number of rotatable bonds is 4. The first-order chi connectivity index (χ1) is 9.79. The molecule has 1 fully saturated rings. The molecule has 9 heteroatoms. The van der Waals surface area contributed by atoms with E-state index >= 15 is 0 Å². The van der Waals surface area contributed by atoms with Gasteiger partial charge in [0.1, 0.15) is 0 Å². The van der Waals surface area contributed by atoms with Crippen LogP contribution in [0, 0.1) is 0 Å². The molecule has 1 amide bonds. The summed E-state index contributed by atoms with van der Waals surface area (Å²) >= 11 is 7.06. The van der Waals surface area contributed by atoms with Gasteiger partial charge in [-0.25, -0.2) is 8.42 Å². The Morgan fingerprint density at radius 2 is 2.14 bits per heavy atom. The minimum absolute atomic E-state index is 0.0497. The maximum Gasteiger partial charge on any atom is 0.241 e. The smallest absolute Gasteiger partial charge is 0.241 e. The van der Waals surface area contributed by atoms with Crippen LogP contribution in [0.1, 0.15) is 13.3 Å². The Hall–Kier alpha value is -1.09. The third kappa shape index (κ3) is 3.97. The lowest BCUT2D eigenvalue weighted by atomic mass is 10.3. The highest BCUT2D eigenvalue weighted by molar-refractivity contribution is 8.14. The first-order valence-corrected chi connectivity index (χ1v) is 8.90. The molecule has 1 aliphatic heterocycles. The molecule has 1 unspecified atom stereocenters. The zero-order valence-corrected chi connectivity index (χ0v) is 13.4. The Bertz CT molecular complexity index is 690. The zero-order valence-electron chi connectivity index (χ0n) is 11.1. The second-order valence-electron chi connectivity index (χ2n) is 4.45. The summed E-state index contributed by atoms with van der Waals surface area (Å²) in [7, 11) is -3.83. The second-order valence-corrected chi connectivity index (χ2v) is 7.67. The lowest BCUT2D eigenvalue weighted by molar-refractivity contribution is -0.114. The van der Waals surface area contributed by atoms with Crippen molar-refractivity contribution < 1.29 is 18.0 Å². The predicted molar refractivity (Wildman–Crippen MR) is 81.9 cm³/mol. The average molecular weight is 349 g/mol. The lowest BCUT2D eigenvalue weighted by Gasteiger charge is -2.12. The van der Waals surface area contributed by atoms with Gasteiger partial charge in [0.25, 0.3) is 0 Å². The first kappa shape index (κ1) is 16.3. The molecule has 2 N–H and O–H groups in total. The van der Waals surface area contributed by atoms with Crippen LogP contribution in [-0.4, -0.2) is 31.2 Å². The zero-order chi connectivity index (χ0) is 15.6. The van der Waals surface area contributed by atoms with Crippen LogP contribution in [0.25, 0.3) is 0 Å². The molecule has 1 heterocycles. The van der Waals surface area contributed by atoms with E-state index in [1.165, 1.54) is 25.1 Å². The fourth-order valence-corrected chi connectivity index (χ4v) is 4.37. The number of hydrogen-bond donors (Lipinski definition) is 2. The summed E-state index contributed by atoms with van der Waals surface area (Å²) in [4.78, 5) is 22.4. The van der Waals surface area contributed by atoms with E-state index in [1.54, 1.807) is 0 Å². The van der Waals surface area contributed by atoms with Crippen LogP contribution in [0.15, 0.2) is 23.1 Å². The molecule has 21 heavy (non-hydrogen) atoms. The predicted octanol–water partition coefficient (Wildman–Crippen LogP) is 1.61. The average Bonchev–Trinajstić information content (AvgIpc) is 2.76. The van der Waals surface area contributed by atoms with Gasteiger partial charge >= 0.3 is 0 Å². The molecule has 0 aliphatic carbocycles. The van der Waals surface area contributed by atoms with Crippen molar-refractivity contribution in [1.82, 2.24) is 4.72 Å². The van der Waals surface area contributed by atoms with E-state index in [9.17, 15) is 18.0 Å². The van der Waals surface area contributed by atoms with E-state index in [2.05, 4.69) is 10.0 Å². The summed E-state index contributed by atoms with van der Waals surface area (Å²) in [5.74, 6) is 0.299. The number of amides is 1. The standard InChI is InChI=1S/C12H13ClN2O4S2/c1-7(16)14-10-3-2-8(6-9(10)13)21(18,19)15-11-4-5-20-12(11)17/h2-3,6,11,15H,4-5H2,1H3,(H,14,16). The van der Waals surface area contributed by atoms with Crippen molar-refractivity contribution in [3.8, 4) is 0 Å². The lowest BCUT2D eigenvalue weighted by Crippen LogP contribution is -2.37. The third-order valence-corrected chi connectivity index (χ3v) is 5.59. The van der Waals surface area contributed by atoms with Crippen LogP contribution >= 0.6 is 23.4 Å². The molecule has 1 aliphatic rings. The van der Waals surface area contributed by atoms with E-state index < -0.39 is 16.1 Å². The molecular weight excluding hydrogens is 336 g/mol. The molecule has 0 radical (unpaired) electrons.